The van der Waals surface area contributed by atoms with Crippen molar-refractivity contribution >= 4 is 11.8 Å². The van der Waals surface area contributed by atoms with Gasteiger partial charge in [-0.15, -0.1) is 0 Å². The van der Waals surface area contributed by atoms with Gasteiger partial charge in [0.25, 0.3) is 5.91 Å². The number of carbonyl (C=O) groups is 2. The van der Waals surface area contributed by atoms with E-state index in [1.54, 1.807) is 7.05 Å². The zero-order chi connectivity index (χ0) is 17.8. The first-order valence-electron chi connectivity index (χ1n) is 8.73. The minimum atomic E-state index is -0.0961. The van der Waals surface area contributed by atoms with Gasteiger partial charge in [0.2, 0.25) is 5.91 Å². The van der Waals surface area contributed by atoms with Gasteiger partial charge in [-0.25, -0.2) is 0 Å². The van der Waals surface area contributed by atoms with E-state index < -0.39 is 0 Å². The summed E-state index contributed by atoms with van der Waals surface area (Å²) < 4.78 is 0. The molecule has 4 nitrogen and oxygen atoms in total. The normalized spacial score (nSPS) is 13.4. The Balaban J connectivity index is 1.70. The number of hydrogen-bond donors (Lipinski definition) is 1. The zero-order valence-corrected chi connectivity index (χ0v) is 14.8. The molecule has 0 bridgehead atoms. The van der Waals surface area contributed by atoms with E-state index in [4.69, 9.17) is 0 Å². The quantitative estimate of drug-likeness (QED) is 0.881. The van der Waals surface area contributed by atoms with E-state index in [0.29, 0.717) is 24.6 Å². The summed E-state index contributed by atoms with van der Waals surface area (Å²) >= 11 is 0. The molecule has 4 heteroatoms. The van der Waals surface area contributed by atoms with E-state index in [1.807, 2.05) is 60.4 Å². The molecule has 1 aliphatic rings. The Hall–Kier alpha value is -2.62. The van der Waals surface area contributed by atoms with E-state index in [2.05, 4.69) is 5.32 Å². The van der Waals surface area contributed by atoms with Crippen molar-refractivity contribution < 1.29 is 9.59 Å². The third-order valence-corrected chi connectivity index (χ3v) is 4.71. The second-order valence-electron chi connectivity index (χ2n) is 6.63. The second kappa shape index (κ2) is 7.51. The molecule has 0 atom stereocenters. The summed E-state index contributed by atoms with van der Waals surface area (Å²) in [6.45, 7) is 2.64. The van der Waals surface area contributed by atoms with Crippen molar-refractivity contribution in [3.8, 4) is 0 Å². The molecule has 2 amide bonds. The number of nitrogens with one attached hydrogen (secondary N) is 1. The number of hydrogen-bond acceptors (Lipinski definition) is 2. The largest absolute Gasteiger partial charge is 0.355 e. The highest BCUT2D eigenvalue weighted by Crippen LogP contribution is 2.29. The van der Waals surface area contributed by atoms with Crippen LogP contribution in [0.1, 0.15) is 39.9 Å². The summed E-state index contributed by atoms with van der Waals surface area (Å²) in [4.78, 5) is 26.5. The Morgan fingerprint density at radius 1 is 1.08 bits per heavy atom. The van der Waals surface area contributed by atoms with Crippen LogP contribution in [0, 0.1) is 6.92 Å². The molecule has 25 heavy (non-hydrogen) atoms. The Morgan fingerprint density at radius 2 is 1.76 bits per heavy atom. The molecule has 0 unspecified atom stereocenters. The van der Waals surface area contributed by atoms with Crippen LogP contribution in [-0.2, 0) is 17.8 Å². The van der Waals surface area contributed by atoms with Crippen molar-refractivity contribution in [2.45, 2.75) is 38.8 Å². The van der Waals surface area contributed by atoms with Crippen LogP contribution in [-0.4, -0.2) is 29.8 Å². The maximum absolute atomic E-state index is 12.8. The minimum Gasteiger partial charge on any atom is -0.355 e. The maximum Gasteiger partial charge on any atom is 0.251 e. The summed E-state index contributed by atoms with van der Waals surface area (Å²) in [5.41, 5.74) is 3.93. The van der Waals surface area contributed by atoms with Crippen LogP contribution >= 0.6 is 0 Å². The smallest absolute Gasteiger partial charge is 0.251 e. The number of amides is 2. The van der Waals surface area contributed by atoms with Crippen LogP contribution in [0.5, 0.6) is 0 Å². The summed E-state index contributed by atoms with van der Waals surface area (Å²) in [7, 11) is 1.62. The lowest BCUT2D eigenvalue weighted by Crippen LogP contribution is -2.34. The van der Waals surface area contributed by atoms with Crippen molar-refractivity contribution in [1.82, 2.24) is 10.2 Å². The molecule has 0 heterocycles. The lowest BCUT2D eigenvalue weighted by molar-refractivity contribution is -0.131. The molecule has 2 aromatic carbocycles. The van der Waals surface area contributed by atoms with Crippen LogP contribution in [0.25, 0.3) is 0 Å². The first-order chi connectivity index (χ1) is 12.1. The van der Waals surface area contributed by atoms with Crippen molar-refractivity contribution in [2.24, 2.45) is 0 Å². The molecule has 130 valence electrons. The van der Waals surface area contributed by atoms with Crippen LogP contribution in [0.15, 0.2) is 48.5 Å². The molecule has 1 fully saturated rings. The zero-order valence-electron chi connectivity index (χ0n) is 14.8. The van der Waals surface area contributed by atoms with Crippen LogP contribution in [0.2, 0.25) is 0 Å². The van der Waals surface area contributed by atoms with Gasteiger partial charge in [-0.1, -0.05) is 36.4 Å². The topological polar surface area (TPSA) is 49.4 Å². The van der Waals surface area contributed by atoms with Gasteiger partial charge in [0.1, 0.15) is 0 Å². The Kier molecular flexibility index (Phi) is 5.17. The molecule has 0 saturated heterocycles. The molecule has 2 aromatic rings. The maximum atomic E-state index is 12.8. The fourth-order valence-corrected chi connectivity index (χ4v) is 2.98. The molecule has 3 rings (SSSR count). The number of benzene rings is 2. The number of carbonyl (C=O) groups excluding carboxylic acids is 2. The van der Waals surface area contributed by atoms with Gasteiger partial charge in [0, 0.05) is 25.2 Å². The SMILES string of the molecule is CNC(=O)c1ccc(CN(C(=O)Cc2ccccc2C)C2CC2)cc1. The summed E-state index contributed by atoms with van der Waals surface area (Å²) in [5, 5.41) is 2.62. The summed E-state index contributed by atoms with van der Waals surface area (Å²) in [6, 6.07) is 15.9. The third kappa shape index (κ3) is 4.27. The standard InChI is InChI=1S/C21H24N2O2/c1-15-5-3-4-6-18(15)13-20(24)23(19-11-12-19)14-16-7-9-17(10-8-16)21(25)22-2/h3-10,19H,11-14H2,1-2H3,(H,22,25). The van der Waals surface area contributed by atoms with Crippen LogP contribution < -0.4 is 5.32 Å². The van der Waals surface area contributed by atoms with Gasteiger partial charge < -0.3 is 10.2 Å². The number of rotatable bonds is 6. The van der Waals surface area contributed by atoms with Crippen LogP contribution in [0.3, 0.4) is 0 Å². The third-order valence-electron chi connectivity index (χ3n) is 4.71. The molecule has 0 spiro atoms. The monoisotopic (exact) mass is 336 g/mol. The predicted octanol–water partition coefficient (Wildman–Crippen LogP) is 3.09. The van der Waals surface area contributed by atoms with Gasteiger partial charge in [-0.3, -0.25) is 9.59 Å². The van der Waals surface area contributed by atoms with Gasteiger partial charge in [-0.05, 0) is 48.6 Å². The molecule has 1 saturated carbocycles. The Bertz CT molecular complexity index is 764. The first-order valence-corrected chi connectivity index (χ1v) is 8.73. The van der Waals surface area contributed by atoms with E-state index in [-0.39, 0.29) is 11.8 Å². The van der Waals surface area contributed by atoms with Crippen molar-refractivity contribution in [1.29, 1.82) is 0 Å². The highest BCUT2D eigenvalue weighted by molar-refractivity contribution is 5.93. The van der Waals surface area contributed by atoms with Gasteiger partial charge in [-0.2, -0.15) is 0 Å². The average Bonchev–Trinajstić information content (AvgIpc) is 3.46. The van der Waals surface area contributed by atoms with E-state index in [0.717, 1.165) is 29.5 Å². The predicted molar refractivity (Wildman–Crippen MR) is 98.3 cm³/mol. The highest BCUT2D eigenvalue weighted by Gasteiger charge is 2.32. The van der Waals surface area contributed by atoms with Crippen molar-refractivity contribution in [3.63, 3.8) is 0 Å². The summed E-state index contributed by atoms with van der Waals surface area (Å²) in [6.07, 6.45) is 2.60. The lowest BCUT2D eigenvalue weighted by atomic mass is 10.0. The molecular weight excluding hydrogens is 312 g/mol. The molecule has 0 aliphatic heterocycles. The van der Waals surface area contributed by atoms with Gasteiger partial charge in [0.05, 0.1) is 6.42 Å². The fourth-order valence-electron chi connectivity index (χ4n) is 2.98. The highest BCUT2D eigenvalue weighted by atomic mass is 16.2. The first kappa shape index (κ1) is 17.2. The number of aryl methyl sites for hydroxylation is 1. The molecule has 0 radical (unpaired) electrons. The number of nitrogens with zero attached hydrogens (tertiary/aromatic N) is 1. The van der Waals surface area contributed by atoms with Gasteiger partial charge in [0.15, 0.2) is 0 Å². The van der Waals surface area contributed by atoms with Gasteiger partial charge >= 0.3 is 0 Å². The fraction of sp³-hybridized carbons (Fsp3) is 0.333. The summed E-state index contributed by atoms with van der Waals surface area (Å²) in [5.74, 6) is 0.0772. The second-order valence-corrected chi connectivity index (χ2v) is 6.63. The van der Waals surface area contributed by atoms with E-state index in [9.17, 15) is 9.59 Å². The van der Waals surface area contributed by atoms with Crippen LogP contribution in [0.4, 0.5) is 0 Å². The van der Waals surface area contributed by atoms with Crippen molar-refractivity contribution in [3.05, 3.63) is 70.8 Å². The Labute approximate surface area is 148 Å². The van der Waals surface area contributed by atoms with E-state index >= 15 is 0 Å². The average molecular weight is 336 g/mol. The van der Waals surface area contributed by atoms with E-state index in [1.165, 1.54) is 0 Å². The molecule has 1 N–H and O–H groups in total. The molecule has 1 aliphatic carbocycles. The minimum absolute atomic E-state index is 0.0961. The molecular formula is C21H24N2O2. The van der Waals surface area contributed by atoms with Crippen molar-refractivity contribution in [2.75, 3.05) is 7.05 Å². The Morgan fingerprint density at radius 3 is 2.36 bits per heavy atom. The lowest BCUT2D eigenvalue weighted by Gasteiger charge is -2.23. The molecule has 0 aromatic heterocycles.